The Morgan fingerprint density at radius 2 is 2.29 bits per heavy atom. The van der Waals surface area contributed by atoms with Gasteiger partial charge >= 0.3 is 0 Å². The Labute approximate surface area is 109 Å². The van der Waals surface area contributed by atoms with Crippen LogP contribution in [-0.4, -0.2) is 25.4 Å². The van der Waals surface area contributed by atoms with Crippen LogP contribution in [0.25, 0.3) is 0 Å². The maximum absolute atomic E-state index is 9.08. The second-order valence-corrected chi connectivity index (χ2v) is 4.26. The molecular formula is C12H14BrNO3. The number of ether oxygens (including phenoxy) is 2. The van der Waals surface area contributed by atoms with Crippen LogP contribution in [0.15, 0.2) is 22.7 Å². The fourth-order valence-corrected chi connectivity index (χ4v) is 1.75. The first-order valence-corrected chi connectivity index (χ1v) is 5.97. The summed E-state index contributed by atoms with van der Waals surface area (Å²) in [7, 11) is 1.55. The van der Waals surface area contributed by atoms with Gasteiger partial charge in [-0.2, -0.15) is 5.26 Å². The highest BCUT2D eigenvalue weighted by molar-refractivity contribution is 9.10. The first-order chi connectivity index (χ1) is 8.22. The lowest BCUT2D eigenvalue weighted by molar-refractivity contribution is 0.0758. The number of halogens is 1. The number of rotatable bonds is 6. The number of benzene rings is 1. The highest BCUT2D eigenvalue weighted by Gasteiger charge is 2.16. The second-order valence-electron chi connectivity index (χ2n) is 3.34. The molecule has 0 saturated carbocycles. The molecule has 1 aromatic carbocycles. The molecule has 1 atom stereocenters. The van der Waals surface area contributed by atoms with Gasteiger partial charge in [0, 0.05) is 16.6 Å². The maximum atomic E-state index is 9.08. The van der Waals surface area contributed by atoms with Crippen molar-refractivity contribution in [2.45, 2.75) is 12.5 Å². The Bertz CT molecular complexity index is 403. The van der Waals surface area contributed by atoms with E-state index in [1.54, 1.807) is 19.2 Å². The zero-order valence-corrected chi connectivity index (χ0v) is 11.1. The largest absolute Gasteiger partial charge is 0.496 e. The standard InChI is InChI=1S/C12H14BrNO3/c1-16-11-4-3-9(13)7-10(11)12(8-14)17-6-2-5-15/h3-4,7,12,15H,2,5-6H2,1H3. The molecule has 4 nitrogen and oxygen atoms in total. The quantitative estimate of drug-likeness (QED) is 0.820. The fraction of sp³-hybridized carbons (Fsp3) is 0.417. The van der Waals surface area contributed by atoms with Crippen LogP contribution in [-0.2, 0) is 4.74 Å². The average Bonchev–Trinajstić information content (AvgIpc) is 2.35. The molecule has 1 unspecified atom stereocenters. The molecule has 0 fully saturated rings. The van der Waals surface area contributed by atoms with E-state index in [2.05, 4.69) is 22.0 Å². The second kappa shape index (κ2) is 7.28. The van der Waals surface area contributed by atoms with Crippen molar-refractivity contribution >= 4 is 15.9 Å². The van der Waals surface area contributed by atoms with Gasteiger partial charge in [0.05, 0.1) is 19.8 Å². The molecule has 0 aromatic heterocycles. The van der Waals surface area contributed by atoms with E-state index >= 15 is 0 Å². The van der Waals surface area contributed by atoms with Crippen molar-refractivity contribution in [3.8, 4) is 11.8 Å². The van der Waals surface area contributed by atoms with Crippen molar-refractivity contribution < 1.29 is 14.6 Å². The van der Waals surface area contributed by atoms with Crippen molar-refractivity contribution in [1.29, 1.82) is 5.26 Å². The van der Waals surface area contributed by atoms with Gasteiger partial charge < -0.3 is 14.6 Å². The van der Waals surface area contributed by atoms with Crippen LogP contribution in [0.2, 0.25) is 0 Å². The van der Waals surface area contributed by atoms with Gasteiger partial charge in [-0.15, -0.1) is 0 Å². The minimum Gasteiger partial charge on any atom is -0.496 e. The summed E-state index contributed by atoms with van der Waals surface area (Å²) in [5.74, 6) is 0.615. The molecule has 0 saturated heterocycles. The molecule has 0 aliphatic heterocycles. The Hall–Kier alpha value is -1.09. The average molecular weight is 300 g/mol. The topological polar surface area (TPSA) is 62.5 Å². The van der Waals surface area contributed by atoms with Crippen molar-refractivity contribution in [3.05, 3.63) is 28.2 Å². The van der Waals surface area contributed by atoms with Crippen LogP contribution in [0.1, 0.15) is 18.1 Å². The Kier molecular flexibility index (Phi) is 5.98. The molecule has 0 aliphatic carbocycles. The van der Waals surface area contributed by atoms with Gasteiger partial charge in [-0.25, -0.2) is 0 Å². The summed E-state index contributed by atoms with van der Waals surface area (Å²) in [4.78, 5) is 0. The number of nitriles is 1. The number of methoxy groups -OCH3 is 1. The van der Waals surface area contributed by atoms with Gasteiger partial charge in [-0.3, -0.25) is 0 Å². The van der Waals surface area contributed by atoms with Gasteiger partial charge in [-0.05, 0) is 24.6 Å². The van der Waals surface area contributed by atoms with Crippen molar-refractivity contribution in [2.24, 2.45) is 0 Å². The third-order valence-corrected chi connectivity index (χ3v) is 2.67. The van der Waals surface area contributed by atoms with Crippen LogP contribution in [0.4, 0.5) is 0 Å². The van der Waals surface area contributed by atoms with Gasteiger partial charge in [0.1, 0.15) is 5.75 Å². The van der Waals surface area contributed by atoms with Crippen molar-refractivity contribution in [3.63, 3.8) is 0 Å². The third-order valence-electron chi connectivity index (χ3n) is 2.18. The summed E-state index contributed by atoms with van der Waals surface area (Å²) in [6.07, 6.45) is -0.178. The lowest BCUT2D eigenvalue weighted by Gasteiger charge is -2.14. The van der Waals surface area contributed by atoms with E-state index in [0.717, 1.165) is 4.47 Å². The summed E-state index contributed by atoms with van der Waals surface area (Å²) >= 11 is 3.34. The van der Waals surface area contributed by atoms with E-state index in [4.69, 9.17) is 19.8 Å². The number of hydrogen-bond donors (Lipinski definition) is 1. The van der Waals surface area contributed by atoms with E-state index in [9.17, 15) is 0 Å². The normalized spacial score (nSPS) is 11.9. The molecule has 92 valence electrons. The molecule has 0 radical (unpaired) electrons. The van der Waals surface area contributed by atoms with Gasteiger partial charge in [0.15, 0.2) is 6.10 Å². The van der Waals surface area contributed by atoms with E-state index in [1.165, 1.54) is 0 Å². The van der Waals surface area contributed by atoms with Gasteiger partial charge in [-0.1, -0.05) is 15.9 Å². The molecule has 1 rings (SSSR count). The first kappa shape index (κ1) is 14.0. The van der Waals surface area contributed by atoms with Crippen LogP contribution < -0.4 is 4.74 Å². The molecule has 1 aromatic rings. The molecule has 5 heteroatoms. The molecule has 17 heavy (non-hydrogen) atoms. The molecule has 0 spiro atoms. The first-order valence-electron chi connectivity index (χ1n) is 5.18. The van der Waals surface area contributed by atoms with Gasteiger partial charge in [0.25, 0.3) is 0 Å². The van der Waals surface area contributed by atoms with Crippen LogP contribution in [0, 0.1) is 11.3 Å². The predicted molar refractivity (Wildman–Crippen MR) is 66.7 cm³/mol. The van der Waals surface area contributed by atoms with Crippen LogP contribution in [0.5, 0.6) is 5.75 Å². The summed E-state index contributed by atoms with van der Waals surface area (Å²) < 4.78 is 11.4. The van der Waals surface area contributed by atoms with Crippen molar-refractivity contribution in [2.75, 3.05) is 20.3 Å². The summed E-state index contributed by atoms with van der Waals surface area (Å²) in [6.45, 7) is 0.387. The highest BCUT2D eigenvalue weighted by atomic mass is 79.9. The van der Waals surface area contributed by atoms with Crippen LogP contribution in [0.3, 0.4) is 0 Å². The smallest absolute Gasteiger partial charge is 0.172 e. The molecule has 0 aliphatic rings. The van der Waals surface area contributed by atoms with Crippen molar-refractivity contribution in [1.82, 2.24) is 0 Å². The summed E-state index contributed by atoms with van der Waals surface area (Å²) in [6, 6.07) is 7.49. The Morgan fingerprint density at radius 1 is 1.53 bits per heavy atom. The lowest BCUT2D eigenvalue weighted by Crippen LogP contribution is -2.06. The minimum atomic E-state index is -0.686. The van der Waals surface area contributed by atoms with E-state index < -0.39 is 6.10 Å². The fourth-order valence-electron chi connectivity index (χ4n) is 1.37. The van der Waals surface area contributed by atoms with Gasteiger partial charge in [0.2, 0.25) is 0 Å². The lowest BCUT2D eigenvalue weighted by atomic mass is 10.1. The number of aliphatic hydroxyl groups excluding tert-OH is 1. The predicted octanol–water partition coefficient (Wildman–Crippen LogP) is 2.42. The summed E-state index contributed by atoms with van der Waals surface area (Å²) in [5, 5.41) is 17.8. The highest BCUT2D eigenvalue weighted by Crippen LogP contribution is 2.30. The zero-order chi connectivity index (χ0) is 12.7. The molecule has 0 amide bonds. The number of nitrogens with zero attached hydrogens (tertiary/aromatic N) is 1. The monoisotopic (exact) mass is 299 g/mol. The molecular weight excluding hydrogens is 286 g/mol. The SMILES string of the molecule is COc1ccc(Br)cc1C(C#N)OCCCO. The van der Waals surface area contributed by atoms with E-state index in [-0.39, 0.29) is 6.61 Å². The minimum absolute atomic E-state index is 0.0494. The number of aliphatic hydroxyl groups is 1. The molecule has 0 bridgehead atoms. The maximum Gasteiger partial charge on any atom is 0.172 e. The number of hydrogen-bond acceptors (Lipinski definition) is 4. The van der Waals surface area contributed by atoms with Crippen LogP contribution >= 0.6 is 15.9 Å². The zero-order valence-electron chi connectivity index (χ0n) is 9.52. The Morgan fingerprint density at radius 3 is 2.88 bits per heavy atom. The Balaban J connectivity index is 2.87. The molecule has 1 N–H and O–H groups in total. The summed E-state index contributed by atoms with van der Waals surface area (Å²) in [5.41, 5.74) is 0.683. The van der Waals surface area contributed by atoms with E-state index in [1.807, 2.05) is 6.07 Å². The molecule has 0 heterocycles. The van der Waals surface area contributed by atoms with E-state index in [0.29, 0.717) is 24.3 Å². The third kappa shape index (κ3) is 4.00.